The molecule has 0 aliphatic carbocycles. The lowest BCUT2D eigenvalue weighted by atomic mass is 9.79. The maximum atomic E-state index is 12.5. The first-order valence-electron chi connectivity index (χ1n) is 6.14. The number of aliphatic carboxylic acids is 1. The van der Waals surface area contributed by atoms with Crippen LogP contribution in [0, 0.1) is 0 Å². The SMILES string of the molecule is CCN1C(=O)C(C)(CCC(=O)O)c2ccccc21. The molecule has 96 valence electrons. The Morgan fingerprint density at radius 1 is 1.39 bits per heavy atom. The van der Waals surface area contributed by atoms with Crippen molar-refractivity contribution in [3.63, 3.8) is 0 Å². The number of likely N-dealkylation sites (N-methyl/N-ethyl adjacent to an activating group) is 1. The molecule has 0 bridgehead atoms. The zero-order chi connectivity index (χ0) is 13.3. The molecule has 0 radical (unpaired) electrons. The summed E-state index contributed by atoms with van der Waals surface area (Å²) in [4.78, 5) is 24.9. The third-order valence-corrected chi connectivity index (χ3v) is 3.66. The molecule has 1 aliphatic heterocycles. The molecule has 2 rings (SSSR count). The Balaban J connectivity index is 2.42. The molecule has 1 N–H and O–H groups in total. The number of amides is 1. The lowest BCUT2D eigenvalue weighted by molar-refractivity contribution is -0.137. The van der Waals surface area contributed by atoms with Crippen LogP contribution in [0.4, 0.5) is 5.69 Å². The molecule has 0 fully saturated rings. The predicted molar refractivity (Wildman–Crippen MR) is 68.7 cm³/mol. The summed E-state index contributed by atoms with van der Waals surface area (Å²) in [6.45, 7) is 4.38. The fourth-order valence-electron chi connectivity index (χ4n) is 2.61. The van der Waals surface area contributed by atoms with Crippen molar-refractivity contribution in [1.29, 1.82) is 0 Å². The molecule has 1 atom stereocenters. The number of nitrogens with zero attached hydrogens (tertiary/aromatic N) is 1. The van der Waals surface area contributed by atoms with Crippen LogP contribution in [0.1, 0.15) is 32.3 Å². The Kier molecular flexibility index (Phi) is 3.11. The molecular formula is C14H17NO3. The number of carbonyl (C=O) groups is 2. The van der Waals surface area contributed by atoms with E-state index in [0.29, 0.717) is 13.0 Å². The number of anilines is 1. The maximum absolute atomic E-state index is 12.5. The molecule has 0 saturated carbocycles. The van der Waals surface area contributed by atoms with E-state index in [0.717, 1.165) is 11.3 Å². The molecule has 1 amide bonds. The molecule has 1 heterocycles. The maximum Gasteiger partial charge on any atom is 0.303 e. The first kappa shape index (κ1) is 12.6. The summed E-state index contributed by atoms with van der Waals surface area (Å²) in [5.74, 6) is -0.857. The first-order valence-corrected chi connectivity index (χ1v) is 6.14. The zero-order valence-corrected chi connectivity index (χ0v) is 10.6. The average molecular weight is 247 g/mol. The molecule has 1 aromatic carbocycles. The third-order valence-electron chi connectivity index (χ3n) is 3.66. The fourth-order valence-corrected chi connectivity index (χ4v) is 2.61. The number of hydrogen-bond donors (Lipinski definition) is 1. The van der Waals surface area contributed by atoms with Gasteiger partial charge in [0.05, 0.1) is 5.41 Å². The van der Waals surface area contributed by atoms with Crippen LogP contribution in [-0.4, -0.2) is 23.5 Å². The lowest BCUT2D eigenvalue weighted by Gasteiger charge is -2.23. The van der Waals surface area contributed by atoms with Crippen LogP contribution in [-0.2, 0) is 15.0 Å². The van der Waals surface area contributed by atoms with Crippen LogP contribution in [0.25, 0.3) is 0 Å². The smallest absolute Gasteiger partial charge is 0.303 e. The molecule has 1 unspecified atom stereocenters. The number of carbonyl (C=O) groups excluding carboxylic acids is 1. The predicted octanol–water partition coefficient (Wildman–Crippen LogP) is 2.18. The van der Waals surface area contributed by atoms with Gasteiger partial charge in [0.2, 0.25) is 5.91 Å². The number of hydrogen-bond acceptors (Lipinski definition) is 2. The molecule has 0 spiro atoms. The van der Waals surface area contributed by atoms with Crippen molar-refractivity contribution in [1.82, 2.24) is 0 Å². The first-order chi connectivity index (χ1) is 8.50. The number of benzene rings is 1. The molecule has 4 nitrogen and oxygen atoms in total. The van der Waals surface area contributed by atoms with Crippen LogP contribution < -0.4 is 4.90 Å². The Morgan fingerprint density at radius 2 is 2.06 bits per heavy atom. The summed E-state index contributed by atoms with van der Waals surface area (Å²) in [5.41, 5.74) is 1.15. The second-order valence-corrected chi connectivity index (χ2v) is 4.79. The Hall–Kier alpha value is -1.84. The summed E-state index contributed by atoms with van der Waals surface area (Å²) in [6.07, 6.45) is 0.350. The van der Waals surface area contributed by atoms with Gasteiger partial charge in [-0.3, -0.25) is 9.59 Å². The third kappa shape index (κ3) is 1.78. The molecule has 18 heavy (non-hydrogen) atoms. The van der Waals surface area contributed by atoms with Crippen LogP contribution in [0.15, 0.2) is 24.3 Å². The minimum atomic E-state index is -0.864. The lowest BCUT2D eigenvalue weighted by Crippen LogP contribution is -2.38. The van der Waals surface area contributed by atoms with Gasteiger partial charge in [0.1, 0.15) is 0 Å². The average Bonchev–Trinajstić information content (AvgIpc) is 2.57. The van der Waals surface area contributed by atoms with Gasteiger partial charge in [0.15, 0.2) is 0 Å². The van der Waals surface area contributed by atoms with Gasteiger partial charge in [0, 0.05) is 18.7 Å². The summed E-state index contributed by atoms with van der Waals surface area (Å²) >= 11 is 0. The van der Waals surface area contributed by atoms with E-state index in [-0.39, 0.29) is 12.3 Å². The van der Waals surface area contributed by atoms with Crippen molar-refractivity contribution < 1.29 is 14.7 Å². The van der Waals surface area contributed by atoms with Gasteiger partial charge in [-0.25, -0.2) is 0 Å². The van der Waals surface area contributed by atoms with Crippen LogP contribution in [0.5, 0.6) is 0 Å². The van der Waals surface area contributed by atoms with E-state index < -0.39 is 11.4 Å². The standard InChI is InChI=1S/C14H17NO3/c1-3-15-11-7-5-4-6-10(11)14(2,13(15)18)9-8-12(16)17/h4-7H,3,8-9H2,1-2H3,(H,16,17). The fraction of sp³-hybridized carbons (Fsp3) is 0.429. The van der Waals surface area contributed by atoms with Crippen molar-refractivity contribution in [2.75, 3.05) is 11.4 Å². The van der Waals surface area contributed by atoms with Crippen LogP contribution >= 0.6 is 0 Å². The summed E-state index contributed by atoms with van der Waals surface area (Å²) < 4.78 is 0. The van der Waals surface area contributed by atoms with E-state index >= 15 is 0 Å². The number of para-hydroxylation sites is 1. The highest BCUT2D eigenvalue weighted by molar-refractivity contribution is 6.07. The molecule has 4 heteroatoms. The second-order valence-electron chi connectivity index (χ2n) is 4.79. The second kappa shape index (κ2) is 4.44. The van der Waals surface area contributed by atoms with E-state index in [9.17, 15) is 9.59 Å². The minimum absolute atomic E-state index is 0.00690. The molecule has 0 aromatic heterocycles. The summed E-state index contributed by atoms with van der Waals surface area (Å²) in [5, 5.41) is 8.82. The van der Waals surface area contributed by atoms with Gasteiger partial charge in [-0.05, 0) is 31.9 Å². The summed E-state index contributed by atoms with van der Waals surface area (Å²) in [7, 11) is 0. The highest BCUT2D eigenvalue weighted by Gasteiger charge is 2.46. The summed E-state index contributed by atoms with van der Waals surface area (Å²) in [6, 6.07) is 7.63. The van der Waals surface area contributed by atoms with E-state index in [1.165, 1.54) is 0 Å². The van der Waals surface area contributed by atoms with Crippen molar-refractivity contribution >= 4 is 17.6 Å². The molecule has 1 aromatic rings. The quantitative estimate of drug-likeness (QED) is 0.887. The zero-order valence-electron chi connectivity index (χ0n) is 10.6. The van der Waals surface area contributed by atoms with Gasteiger partial charge in [0.25, 0.3) is 0 Å². The number of fused-ring (bicyclic) bond motifs is 1. The van der Waals surface area contributed by atoms with Gasteiger partial charge in [-0.1, -0.05) is 18.2 Å². The van der Waals surface area contributed by atoms with E-state index in [2.05, 4.69) is 0 Å². The number of carboxylic acids is 1. The van der Waals surface area contributed by atoms with E-state index in [1.54, 1.807) is 4.90 Å². The van der Waals surface area contributed by atoms with Crippen molar-refractivity contribution in [2.24, 2.45) is 0 Å². The minimum Gasteiger partial charge on any atom is -0.481 e. The van der Waals surface area contributed by atoms with Gasteiger partial charge >= 0.3 is 5.97 Å². The van der Waals surface area contributed by atoms with Crippen molar-refractivity contribution in [2.45, 2.75) is 32.1 Å². The Bertz CT molecular complexity index is 498. The van der Waals surface area contributed by atoms with Crippen molar-refractivity contribution in [3.8, 4) is 0 Å². The largest absolute Gasteiger partial charge is 0.481 e. The van der Waals surface area contributed by atoms with E-state index in [4.69, 9.17) is 5.11 Å². The van der Waals surface area contributed by atoms with Crippen molar-refractivity contribution in [3.05, 3.63) is 29.8 Å². The van der Waals surface area contributed by atoms with Gasteiger partial charge < -0.3 is 10.0 Å². The van der Waals surface area contributed by atoms with Crippen LogP contribution in [0.2, 0.25) is 0 Å². The monoisotopic (exact) mass is 247 g/mol. The number of rotatable bonds is 4. The van der Waals surface area contributed by atoms with Gasteiger partial charge in [-0.15, -0.1) is 0 Å². The molecule has 0 saturated heterocycles. The van der Waals surface area contributed by atoms with Gasteiger partial charge in [-0.2, -0.15) is 0 Å². The topological polar surface area (TPSA) is 57.6 Å². The highest BCUT2D eigenvalue weighted by Crippen LogP contribution is 2.44. The Labute approximate surface area is 106 Å². The Morgan fingerprint density at radius 3 is 2.67 bits per heavy atom. The molecular weight excluding hydrogens is 230 g/mol. The number of carboxylic acid groups (broad SMARTS) is 1. The molecule has 1 aliphatic rings. The highest BCUT2D eigenvalue weighted by atomic mass is 16.4. The van der Waals surface area contributed by atoms with Crippen LogP contribution in [0.3, 0.4) is 0 Å². The van der Waals surface area contributed by atoms with E-state index in [1.807, 2.05) is 38.1 Å². The normalized spacial score (nSPS) is 22.1.